The molecule has 1 atom stereocenters. The Morgan fingerprint density at radius 1 is 1.32 bits per heavy atom. The molecule has 1 fully saturated rings. The van der Waals surface area contributed by atoms with Gasteiger partial charge in [0.15, 0.2) is 0 Å². The number of hydrogen-bond donors (Lipinski definition) is 1. The van der Waals surface area contributed by atoms with E-state index in [1.165, 1.54) is 4.90 Å². The monoisotopic (exact) mass is 321 g/mol. The first-order valence-corrected chi connectivity index (χ1v) is 7.61. The fraction of sp³-hybridized carbons (Fsp3) is 0.375. The van der Waals surface area contributed by atoms with Gasteiger partial charge in [0, 0.05) is 17.1 Å². The molecule has 0 spiro atoms. The topological polar surface area (TPSA) is 66.8 Å². The number of aliphatic carboxylic acids is 1. The van der Waals surface area contributed by atoms with Crippen LogP contribution in [0.5, 0.6) is 5.75 Å². The van der Waals surface area contributed by atoms with Gasteiger partial charge in [-0.1, -0.05) is 11.6 Å². The Kier molecular flexibility index (Phi) is 4.07. The number of amides is 1. The van der Waals surface area contributed by atoms with Gasteiger partial charge in [-0.15, -0.1) is 0 Å². The van der Waals surface area contributed by atoms with E-state index in [1.807, 2.05) is 0 Å². The summed E-state index contributed by atoms with van der Waals surface area (Å²) in [4.78, 5) is 25.4. The molecule has 0 radical (unpaired) electrons. The van der Waals surface area contributed by atoms with E-state index in [2.05, 4.69) is 0 Å². The molecule has 1 amide bonds. The molecule has 1 N–H and O–H groups in total. The van der Waals surface area contributed by atoms with Crippen molar-refractivity contribution in [3.63, 3.8) is 0 Å². The van der Waals surface area contributed by atoms with Crippen molar-refractivity contribution >= 4 is 29.6 Å². The third kappa shape index (κ3) is 2.81. The summed E-state index contributed by atoms with van der Waals surface area (Å²) in [5.41, 5.74) is 1.20. The minimum Gasteiger partial charge on any atom is -0.488 e. The molecule has 22 heavy (non-hydrogen) atoms. The number of fused-ring (bicyclic) bond motifs is 1. The summed E-state index contributed by atoms with van der Waals surface area (Å²) >= 11 is 5.96. The summed E-state index contributed by atoms with van der Waals surface area (Å²) in [6, 6.07) is 4.47. The van der Waals surface area contributed by atoms with Crippen LogP contribution >= 0.6 is 11.6 Å². The lowest BCUT2D eigenvalue weighted by Crippen LogP contribution is -2.49. The van der Waals surface area contributed by atoms with Gasteiger partial charge in [-0.2, -0.15) is 0 Å². The smallest absolute Gasteiger partial charge is 0.326 e. The second kappa shape index (κ2) is 6.01. The number of ether oxygens (including phenoxy) is 1. The summed E-state index contributed by atoms with van der Waals surface area (Å²) in [7, 11) is 0. The number of rotatable bonds is 2. The van der Waals surface area contributed by atoms with Crippen molar-refractivity contribution in [1.82, 2.24) is 4.90 Å². The number of carbonyl (C=O) groups excluding carboxylic acids is 1. The minimum absolute atomic E-state index is 0.149. The Bertz CT molecular complexity index is 656. The van der Waals surface area contributed by atoms with Crippen LogP contribution in [0.3, 0.4) is 0 Å². The van der Waals surface area contributed by atoms with Crippen molar-refractivity contribution in [3.05, 3.63) is 34.4 Å². The van der Waals surface area contributed by atoms with Crippen LogP contribution < -0.4 is 4.74 Å². The average Bonchev–Trinajstić information content (AvgIpc) is 2.53. The molecule has 0 saturated carbocycles. The Hall–Kier alpha value is -2.01. The van der Waals surface area contributed by atoms with Gasteiger partial charge < -0.3 is 14.7 Å². The minimum atomic E-state index is -0.950. The fourth-order valence-electron chi connectivity index (χ4n) is 2.89. The van der Waals surface area contributed by atoms with Crippen molar-refractivity contribution in [1.29, 1.82) is 0 Å². The van der Waals surface area contributed by atoms with Gasteiger partial charge in [-0.25, -0.2) is 4.79 Å². The van der Waals surface area contributed by atoms with E-state index in [0.29, 0.717) is 29.3 Å². The Morgan fingerprint density at radius 3 is 2.91 bits per heavy atom. The molecular formula is C16H16ClNO4. The summed E-state index contributed by atoms with van der Waals surface area (Å²) < 4.78 is 5.58. The number of hydrogen-bond acceptors (Lipinski definition) is 3. The summed E-state index contributed by atoms with van der Waals surface area (Å²) in [6.07, 6.45) is 3.89. The molecule has 0 aliphatic carbocycles. The van der Waals surface area contributed by atoms with Crippen LogP contribution in [-0.4, -0.2) is 41.1 Å². The summed E-state index contributed by atoms with van der Waals surface area (Å²) in [5.74, 6) is -0.541. The first kappa shape index (κ1) is 14.9. The van der Waals surface area contributed by atoms with Crippen LogP contribution in [0.1, 0.15) is 24.8 Å². The van der Waals surface area contributed by atoms with E-state index in [9.17, 15) is 14.7 Å². The number of piperidine rings is 1. The Morgan fingerprint density at radius 2 is 2.14 bits per heavy atom. The van der Waals surface area contributed by atoms with Crippen LogP contribution in [0.15, 0.2) is 23.8 Å². The lowest BCUT2D eigenvalue weighted by molar-refractivity contribution is -0.150. The van der Waals surface area contributed by atoms with E-state index in [1.54, 1.807) is 24.3 Å². The highest BCUT2D eigenvalue weighted by atomic mass is 35.5. The number of carbonyl (C=O) groups is 2. The number of nitrogens with zero attached hydrogens (tertiary/aromatic N) is 1. The molecule has 2 aliphatic rings. The number of carboxylic acids is 1. The van der Waals surface area contributed by atoms with Crippen LogP contribution in [0, 0.1) is 0 Å². The van der Waals surface area contributed by atoms with Crippen LogP contribution in [0.2, 0.25) is 5.02 Å². The molecule has 0 bridgehead atoms. The third-order valence-electron chi connectivity index (χ3n) is 4.01. The highest BCUT2D eigenvalue weighted by molar-refractivity contribution is 6.30. The second-order valence-corrected chi connectivity index (χ2v) is 5.93. The summed E-state index contributed by atoms with van der Waals surface area (Å²) in [5, 5.41) is 9.85. The number of halogens is 1. The SMILES string of the molecule is O=C(O)C1CCCCN1C(=O)C1=Cc2cc(Cl)ccc2OC1. The molecule has 1 aromatic carbocycles. The molecular weight excluding hydrogens is 306 g/mol. The standard InChI is InChI=1S/C16H16ClNO4/c17-12-4-5-14-10(8-12)7-11(9-22-14)15(19)18-6-2-1-3-13(18)16(20)21/h4-5,7-8,13H,1-3,6,9H2,(H,20,21). The molecule has 2 heterocycles. The highest BCUT2D eigenvalue weighted by Gasteiger charge is 2.34. The van der Waals surface area contributed by atoms with Gasteiger partial charge >= 0.3 is 5.97 Å². The maximum atomic E-state index is 12.6. The Labute approximate surface area is 133 Å². The van der Waals surface area contributed by atoms with Crippen molar-refractivity contribution in [2.24, 2.45) is 0 Å². The predicted octanol–water partition coefficient (Wildman–Crippen LogP) is 2.58. The van der Waals surface area contributed by atoms with E-state index in [-0.39, 0.29) is 12.5 Å². The first-order chi connectivity index (χ1) is 10.6. The van der Waals surface area contributed by atoms with Gasteiger partial charge in [0.2, 0.25) is 0 Å². The zero-order chi connectivity index (χ0) is 15.7. The lowest BCUT2D eigenvalue weighted by atomic mass is 9.99. The zero-order valence-electron chi connectivity index (χ0n) is 11.9. The third-order valence-corrected chi connectivity index (χ3v) is 4.24. The van der Waals surface area contributed by atoms with Gasteiger partial charge in [0.05, 0.1) is 5.57 Å². The van der Waals surface area contributed by atoms with Crippen LogP contribution in [0.4, 0.5) is 0 Å². The summed E-state index contributed by atoms with van der Waals surface area (Å²) in [6.45, 7) is 0.617. The molecule has 1 saturated heterocycles. The van der Waals surface area contributed by atoms with Crippen molar-refractivity contribution in [2.45, 2.75) is 25.3 Å². The van der Waals surface area contributed by atoms with E-state index >= 15 is 0 Å². The molecule has 2 aliphatic heterocycles. The van der Waals surface area contributed by atoms with E-state index in [4.69, 9.17) is 16.3 Å². The molecule has 1 unspecified atom stereocenters. The average molecular weight is 322 g/mol. The second-order valence-electron chi connectivity index (χ2n) is 5.49. The molecule has 6 heteroatoms. The normalized spacial score (nSPS) is 20.7. The largest absolute Gasteiger partial charge is 0.488 e. The van der Waals surface area contributed by atoms with E-state index in [0.717, 1.165) is 18.4 Å². The van der Waals surface area contributed by atoms with Crippen molar-refractivity contribution in [2.75, 3.05) is 13.2 Å². The van der Waals surface area contributed by atoms with Gasteiger partial charge in [-0.3, -0.25) is 4.79 Å². The molecule has 5 nitrogen and oxygen atoms in total. The highest BCUT2D eigenvalue weighted by Crippen LogP contribution is 2.30. The number of likely N-dealkylation sites (tertiary alicyclic amines) is 1. The lowest BCUT2D eigenvalue weighted by Gasteiger charge is -2.34. The van der Waals surface area contributed by atoms with Crippen molar-refractivity contribution < 1.29 is 19.4 Å². The number of benzene rings is 1. The van der Waals surface area contributed by atoms with Crippen molar-refractivity contribution in [3.8, 4) is 5.75 Å². The maximum Gasteiger partial charge on any atom is 0.326 e. The maximum absolute atomic E-state index is 12.6. The van der Waals surface area contributed by atoms with Gasteiger partial charge in [0.25, 0.3) is 5.91 Å². The molecule has 116 valence electrons. The first-order valence-electron chi connectivity index (χ1n) is 7.23. The molecule has 3 rings (SSSR count). The molecule has 0 aromatic heterocycles. The van der Waals surface area contributed by atoms with Gasteiger partial charge in [-0.05, 0) is 43.5 Å². The Balaban J connectivity index is 1.87. The van der Waals surface area contributed by atoms with Gasteiger partial charge in [0.1, 0.15) is 18.4 Å². The zero-order valence-corrected chi connectivity index (χ0v) is 12.7. The van der Waals surface area contributed by atoms with E-state index < -0.39 is 12.0 Å². The quantitative estimate of drug-likeness (QED) is 0.909. The van der Waals surface area contributed by atoms with Crippen LogP contribution in [-0.2, 0) is 9.59 Å². The molecule has 1 aromatic rings. The fourth-order valence-corrected chi connectivity index (χ4v) is 3.07. The van der Waals surface area contributed by atoms with Crippen LogP contribution in [0.25, 0.3) is 6.08 Å². The predicted molar refractivity (Wildman–Crippen MR) is 81.9 cm³/mol. The number of carboxylic acid groups (broad SMARTS) is 1.